The monoisotopic (exact) mass is 517 g/mol. The molecule has 0 aromatic heterocycles. The van der Waals surface area contributed by atoms with Crippen LogP contribution in [0.4, 0.5) is 0 Å². The van der Waals surface area contributed by atoms with Gasteiger partial charge in [-0.05, 0) is 55.5 Å². The van der Waals surface area contributed by atoms with Gasteiger partial charge in [0.05, 0.1) is 11.7 Å². The molecule has 2 aliphatic heterocycles. The summed E-state index contributed by atoms with van der Waals surface area (Å²) in [4.78, 5) is 25.3. The summed E-state index contributed by atoms with van der Waals surface area (Å²) in [5.41, 5.74) is 16.3. The molecule has 37 heavy (non-hydrogen) atoms. The molecule has 6 nitrogen and oxygen atoms in total. The second-order valence-electron chi connectivity index (χ2n) is 9.98. The number of amides is 1. The minimum absolute atomic E-state index is 0.118. The molecule has 0 radical (unpaired) electrons. The second kappa shape index (κ2) is 12.3. The molecule has 0 saturated heterocycles. The van der Waals surface area contributed by atoms with Crippen molar-refractivity contribution in [3.05, 3.63) is 88.6 Å². The van der Waals surface area contributed by atoms with Gasteiger partial charge in [0.15, 0.2) is 0 Å². The summed E-state index contributed by atoms with van der Waals surface area (Å²) in [6.07, 6.45) is 6.86. The average molecular weight is 518 g/mol. The highest BCUT2D eigenvalue weighted by atomic mass is 35.5. The van der Waals surface area contributed by atoms with Crippen molar-refractivity contribution in [2.24, 2.45) is 33.3 Å². The van der Waals surface area contributed by atoms with E-state index in [9.17, 15) is 4.79 Å². The number of amidine groups is 1. The van der Waals surface area contributed by atoms with Crippen molar-refractivity contribution >= 4 is 34.8 Å². The molecule has 1 amide bonds. The number of nitrogens with two attached hydrogens (primary N) is 2. The minimum atomic E-state index is -0.214. The van der Waals surface area contributed by atoms with Crippen LogP contribution in [0.2, 0.25) is 5.02 Å². The Balaban J connectivity index is 1.77. The van der Waals surface area contributed by atoms with Gasteiger partial charge >= 0.3 is 0 Å². The standard InChI is InChI=1S/C30H36ClN5O/c1-20(2)29(36(17-7-16-32)30(37)26-14-15-27(33)34-26)28-23(18-21-8-4-3-5-9-21)12-13-25(35-28)22-10-6-11-24(31)19-22/h3-6,8-11,13-14,19-20,23,29H,7,12,15-18,32H2,1-2H3,(H2,33,34)/t23?,29-/m1/s1. The molecule has 4 N–H and O–H groups in total. The Kier molecular flexibility index (Phi) is 8.95. The maximum absolute atomic E-state index is 13.8. The lowest BCUT2D eigenvalue weighted by Gasteiger charge is -2.39. The first-order chi connectivity index (χ1) is 17.9. The highest BCUT2D eigenvalue weighted by molar-refractivity contribution is 6.30. The van der Waals surface area contributed by atoms with Gasteiger partial charge in [0.2, 0.25) is 0 Å². The van der Waals surface area contributed by atoms with E-state index in [4.69, 9.17) is 28.1 Å². The first kappa shape index (κ1) is 26.8. The van der Waals surface area contributed by atoms with Crippen molar-refractivity contribution < 1.29 is 4.79 Å². The van der Waals surface area contributed by atoms with E-state index < -0.39 is 0 Å². The fraction of sp³-hybridized carbons (Fsp3) is 0.367. The summed E-state index contributed by atoms with van der Waals surface area (Å²) in [5, 5.41) is 0.672. The van der Waals surface area contributed by atoms with Crippen LogP contribution in [0, 0.1) is 11.8 Å². The Labute approximate surface area is 224 Å². The van der Waals surface area contributed by atoms with Crippen LogP contribution >= 0.6 is 11.6 Å². The predicted octanol–water partition coefficient (Wildman–Crippen LogP) is 5.23. The summed E-state index contributed by atoms with van der Waals surface area (Å²) in [5.74, 6) is 0.622. The average Bonchev–Trinajstić information content (AvgIpc) is 3.33. The fourth-order valence-electron chi connectivity index (χ4n) is 5.09. The summed E-state index contributed by atoms with van der Waals surface area (Å²) in [6.45, 7) is 5.31. The van der Waals surface area contributed by atoms with Gasteiger partial charge in [0.1, 0.15) is 11.5 Å². The van der Waals surface area contributed by atoms with E-state index >= 15 is 0 Å². The number of halogens is 1. The summed E-state index contributed by atoms with van der Waals surface area (Å²) >= 11 is 6.31. The smallest absolute Gasteiger partial charge is 0.272 e. The molecular formula is C30H36ClN5O. The number of rotatable bonds is 10. The number of benzene rings is 2. The second-order valence-corrected chi connectivity index (χ2v) is 10.4. The lowest BCUT2D eigenvalue weighted by molar-refractivity contribution is -0.129. The van der Waals surface area contributed by atoms with Gasteiger partial charge in [-0.15, -0.1) is 0 Å². The van der Waals surface area contributed by atoms with Crippen LogP contribution < -0.4 is 11.5 Å². The maximum atomic E-state index is 13.8. The number of carbonyl (C=O) groups excluding carboxylic acids is 1. The third kappa shape index (κ3) is 6.56. The van der Waals surface area contributed by atoms with Crippen molar-refractivity contribution in [3.8, 4) is 0 Å². The molecule has 2 aliphatic rings. The Bertz CT molecular complexity index is 1230. The molecule has 7 heteroatoms. The molecular weight excluding hydrogens is 482 g/mol. The molecule has 2 atom stereocenters. The first-order valence-electron chi connectivity index (χ1n) is 13.0. The molecule has 0 spiro atoms. The molecule has 4 rings (SSSR count). The largest absolute Gasteiger partial charge is 0.387 e. The number of allylic oxidation sites excluding steroid dienone is 1. The van der Waals surface area contributed by atoms with Crippen LogP contribution in [-0.4, -0.2) is 41.5 Å². The van der Waals surface area contributed by atoms with E-state index in [0.29, 0.717) is 42.5 Å². The normalized spacial score (nSPS) is 18.1. The molecule has 194 valence electrons. The van der Waals surface area contributed by atoms with Crippen molar-refractivity contribution in [1.82, 2.24) is 4.90 Å². The highest BCUT2D eigenvalue weighted by Crippen LogP contribution is 2.33. The van der Waals surface area contributed by atoms with Crippen LogP contribution in [-0.2, 0) is 11.2 Å². The van der Waals surface area contributed by atoms with Gasteiger partial charge in [-0.3, -0.25) is 9.79 Å². The van der Waals surface area contributed by atoms with Gasteiger partial charge in [0, 0.05) is 35.2 Å². The fourth-order valence-corrected chi connectivity index (χ4v) is 5.28. The Morgan fingerprint density at radius 1 is 1.11 bits per heavy atom. The van der Waals surface area contributed by atoms with Crippen molar-refractivity contribution in [3.63, 3.8) is 0 Å². The van der Waals surface area contributed by atoms with Gasteiger partial charge < -0.3 is 16.4 Å². The molecule has 0 bridgehead atoms. The SMILES string of the molecule is CC(C)[C@H](C1=NC(c2cccc(Cl)c2)=CCC1Cc1ccccc1)N(CCCN)C(=O)C1=CCC(N)=N1. The number of aliphatic imine (C=N–C) groups is 2. The Hall–Kier alpha value is -3.22. The number of hydrogen-bond donors (Lipinski definition) is 2. The number of nitrogens with zero attached hydrogens (tertiary/aromatic N) is 3. The van der Waals surface area contributed by atoms with Gasteiger partial charge in [-0.25, -0.2) is 4.99 Å². The maximum Gasteiger partial charge on any atom is 0.272 e. The Morgan fingerprint density at radius 2 is 1.89 bits per heavy atom. The molecule has 2 aromatic carbocycles. The third-order valence-electron chi connectivity index (χ3n) is 6.83. The number of hydrogen-bond acceptors (Lipinski definition) is 5. The van der Waals surface area contributed by atoms with E-state index in [-0.39, 0.29) is 23.8 Å². The van der Waals surface area contributed by atoms with E-state index in [1.54, 1.807) is 0 Å². The zero-order chi connectivity index (χ0) is 26.4. The highest BCUT2D eigenvalue weighted by Gasteiger charge is 2.37. The molecule has 0 aliphatic carbocycles. The summed E-state index contributed by atoms with van der Waals surface area (Å²) in [6, 6.07) is 18.0. The van der Waals surface area contributed by atoms with E-state index in [0.717, 1.165) is 29.8 Å². The van der Waals surface area contributed by atoms with Gasteiger partial charge in [0.25, 0.3) is 5.91 Å². The lowest BCUT2D eigenvalue weighted by Crippen LogP contribution is -2.51. The summed E-state index contributed by atoms with van der Waals surface area (Å²) in [7, 11) is 0. The molecule has 2 heterocycles. The minimum Gasteiger partial charge on any atom is -0.387 e. The topological polar surface area (TPSA) is 97.1 Å². The van der Waals surface area contributed by atoms with Crippen LogP contribution in [0.15, 0.2) is 82.4 Å². The predicted molar refractivity (Wildman–Crippen MR) is 153 cm³/mol. The van der Waals surface area contributed by atoms with Crippen LogP contribution in [0.25, 0.3) is 5.70 Å². The zero-order valence-electron chi connectivity index (χ0n) is 21.6. The van der Waals surface area contributed by atoms with Gasteiger partial charge in [-0.1, -0.05) is 74.0 Å². The van der Waals surface area contributed by atoms with Crippen LogP contribution in [0.5, 0.6) is 0 Å². The summed E-state index contributed by atoms with van der Waals surface area (Å²) < 4.78 is 0. The van der Waals surface area contributed by atoms with Crippen molar-refractivity contribution in [1.29, 1.82) is 0 Å². The quantitative estimate of drug-likeness (QED) is 0.451. The molecule has 0 fully saturated rings. The first-order valence-corrected chi connectivity index (χ1v) is 13.4. The Morgan fingerprint density at radius 3 is 2.54 bits per heavy atom. The lowest BCUT2D eigenvalue weighted by atomic mass is 9.81. The van der Waals surface area contributed by atoms with E-state index in [2.05, 4.69) is 49.2 Å². The van der Waals surface area contributed by atoms with E-state index in [1.165, 1.54) is 5.56 Å². The zero-order valence-corrected chi connectivity index (χ0v) is 22.4. The van der Waals surface area contributed by atoms with Crippen LogP contribution in [0.1, 0.15) is 44.2 Å². The molecule has 0 saturated carbocycles. The van der Waals surface area contributed by atoms with E-state index in [1.807, 2.05) is 41.3 Å². The number of carbonyl (C=O) groups is 1. The molecule has 2 aromatic rings. The third-order valence-corrected chi connectivity index (χ3v) is 7.07. The van der Waals surface area contributed by atoms with Gasteiger partial charge in [-0.2, -0.15) is 0 Å². The van der Waals surface area contributed by atoms with Crippen molar-refractivity contribution in [2.45, 2.75) is 45.6 Å². The molecule has 1 unspecified atom stereocenters. The van der Waals surface area contributed by atoms with Crippen LogP contribution in [0.3, 0.4) is 0 Å². The van der Waals surface area contributed by atoms with Crippen molar-refractivity contribution in [2.75, 3.05) is 13.1 Å².